The Morgan fingerprint density at radius 1 is 0.909 bits per heavy atom. The van der Waals surface area contributed by atoms with E-state index < -0.39 is 0 Å². The van der Waals surface area contributed by atoms with Crippen molar-refractivity contribution in [3.8, 4) is 22.3 Å². The quantitative estimate of drug-likeness (QED) is 0.505. The van der Waals surface area contributed by atoms with Gasteiger partial charge in [-0.05, 0) is 46.7 Å². The van der Waals surface area contributed by atoms with Gasteiger partial charge < -0.3 is 4.74 Å². The minimum atomic E-state index is -0.301. The summed E-state index contributed by atoms with van der Waals surface area (Å²) in [6.45, 7) is 0. The van der Waals surface area contributed by atoms with E-state index in [4.69, 9.17) is 4.74 Å². The van der Waals surface area contributed by atoms with Crippen molar-refractivity contribution >= 4 is 17.7 Å². The molecule has 0 spiro atoms. The lowest BCUT2D eigenvalue weighted by molar-refractivity contribution is 0.0603. The summed E-state index contributed by atoms with van der Waals surface area (Å²) in [5.41, 5.74) is 4.53. The van der Waals surface area contributed by atoms with E-state index in [1.54, 1.807) is 11.8 Å². The van der Waals surface area contributed by atoms with Gasteiger partial charge in [-0.2, -0.15) is 0 Å². The van der Waals surface area contributed by atoms with Gasteiger partial charge in [0.25, 0.3) is 0 Å². The Bertz CT molecular complexity index is 778. The number of fused-ring (bicyclic) bond motifs is 1. The third-order valence-corrected chi connectivity index (χ3v) is 4.44. The molecule has 2 aliphatic rings. The summed E-state index contributed by atoms with van der Waals surface area (Å²) >= 11 is 1.70. The van der Waals surface area contributed by atoms with Crippen molar-refractivity contribution in [2.24, 2.45) is 0 Å². The summed E-state index contributed by atoms with van der Waals surface area (Å²) in [5.74, 6) is -0.301. The van der Waals surface area contributed by atoms with Crippen LogP contribution in [0.2, 0.25) is 0 Å². The van der Waals surface area contributed by atoms with Crippen molar-refractivity contribution in [1.29, 1.82) is 0 Å². The number of hydrogen-bond acceptors (Lipinski definition) is 3. The summed E-state index contributed by atoms with van der Waals surface area (Å²) in [7, 11) is 1.42. The Labute approximate surface area is 134 Å². The van der Waals surface area contributed by atoms with Gasteiger partial charge in [-0.3, -0.25) is 0 Å². The predicted octanol–water partition coefficient (Wildman–Crippen LogP) is 4.97. The first kappa shape index (κ1) is 14.7. The fraction of sp³-hybridized carbons (Fsp3) is 0.105. The summed E-state index contributed by atoms with van der Waals surface area (Å²) in [6, 6.07) is 20.1. The van der Waals surface area contributed by atoms with Crippen molar-refractivity contribution in [3.05, 3.63) is 66.2 Å². The maximum absolute atomic E-state index is 12.3. The average molecular weight is 308 g/mol. The molecule has 2 aliphatic carbocycles. The van der Waals surface area contributed by atoms with Crippen LogP contribution < -0.4 is 0 Å². The Morgan fingerprint density at radius 2 is 1.64 bits per heavy atom. The Hall–Kier alpha value is -2.26. The maximum Gasteiger partial charge on any atom is 0.339 e. The third-order valence-electron chi connectivity index (χ3n) is 3.70. The number of carbonyl (C=O) groups excluding carboxylic acids is 1. The second-order valence-corrected chi connectivity index (χ2v) is 5.81. The molecular weight excluding hydrogens is 292 g/mol. The molecule has 0 atom stereocenters. The summed E-state index contributed by atoms with van der Waals surface area (Å²) in [5, 5.41) is 0. The average Bonchev–Trinajstić information content (AvgIpc) is 2.77. The Kier molecular flexibility index (Phi) is 4.16. The zero-order valence-corrected chi connectivity index (χ0v) is 13.3. The molecule has 0 saturated heterocycles. The number of thioether (sulfide) groups is 1. The normalized spacial score (nSPS) is 10.6. The highest BCUT2D eigenvalue weighted by Crippen LogP contribution is 2.38. The number of rotatable bonds is 3. The van der Waals surface area contributed by atoms with E-state index >= 15 is 0 Å². The number of carbonyl (C=O) groups is 1. The van der Waals surface area contributed by atoms with Gasteiger partial charge in [-0.15, -0.1) is 11.8 Å². The molecule has 0 N–H and O–H groups in total. The van der Waals surface area contributed by atoms with Crippen LogP contribution >= 0.6 is 11.8 Å². The van der Waals surface area contributed by atoms with Gasteiger partial charge in [0.1, 0.15) is 0 Å². The van der Waals surface area contributed by atoms with Crippen molar-refractivity contribution in [2.75, 3.05) is 13.4 Å². The number of hydrogen-bond donors (Lipinski definition) is 0. The van der Waals surface area contributed by atoms with Gasteiger partial charge >= 0.3 is 5.97 Å². The fourth-order valence-corrected chi connectivity index (χ4v) is 3.02. The Balaban J connectivity index is 2.23. The smallest absolute Gasteiger partial charge is 0.339 e. The summed E-state index contributed by atoms with van der Waals surface area (Å²) in [4.78, 5) is 13.5. The predicted molar refractivity (Wildman–Crippen MR) is 91.6 cm³/mol. The molecule has 3 heteroatoms. The highest BCUT2D eigenvalue weighted by Gasteiger charge is 2.22. The topological polar surface area (TPSA) is 26.3 Å². The van der Waals surface area contributed by atoms with Crippen LogP contribution in [0.15, 0.2) is 65.6 Å². The molecule has 0 bridgehead atoms. The zero-order valence-electron chi connectivity index (χ0n) is 12.5. The molecular formula is C19H16O2S. The fourth-order valence-electron chi connectivity index (χ4n) is 2.61. The molecule has 0 unspecified atom stereocenters. The molecule has 22 heavy (non-hydrogen) atoms. The summed E-state index contributed by atoms with van der Waals surface area (Å²) < 4.78 is 5.00. The minimum Gasteiger partial charge on any atom is -0.465 e. The van der Waals surface area contributed by atoms with Crippen molar-refractivity contribution in [2.45, 2.75) is 4.90 Å². The third kappa shape index (κ3) is 2.60. The number of esters is 1. The van der Waals surface area contributed by atoms with Crippen LogP contribution in [0.1, 0.15) is 10.4 Å². The second kappa shape index (κ2) is 6.24. The van der Waals surface area contributed by atoms with Crippen LogP contribution in [-0.4, -0.2) is 19.3 Å². The zero-order chi connectivity index (χ0) is 15.5. The molecule has 0 amide bonds. The molecule has 3 rings (SSSR count). The van der Waals surface area contributed by atoms with E-state index in [2.05, 4.69) is 18.2 Å². The van der Waals surface area contributed by atoms with Crippen molar-refractivity contribution < 1.29 is 9.53 Å². The number of methoxy groups -OCH3 is 1. The van der Waals surface area contributed by atoms with Gasteiger partial charge in [0, 0.05) is 4.90 Å². The Morgan fingerprint density at radius 3 is 2.32 bits per heavy atom. The van der Waals surface area contributed by atoms with Crippen LogP contribution in [0.5, 0.6) is 0 Å². The van der Waals surface area contributed by atoms with Crippen LogP contribution in [0.3, 0.4) is 0 Å². The lowest BCUT2D eigenvalue weighted by atomic mass is 10.0. The van der Waals surface area contributed by atoms with Gasteiger partial charge in [0.2, 0.25) is 0 Å². The van der Waals surface area contributed by atoms with Crippen molar-refractivity contribution in [1.82, 2.24) is 0 Å². The second-order valence-electron chi connectivity index (χ2n) is 4.93. The van der Waals surface area contributed by atoms with Gasteiger partial charge in [-0.25, -0.2) is 4.79 Å². The highest BCUT2D eigenvalue weighted by molar-refractivity contribution is 7.98. The van der Waals surface area contributed by atoms with E-state index in [0.29, 0.717) is 5.56 Å². The van der Waals surface area contributed by atoms with E-state index in [9.17, 15) is 4.79 Å². The number of benzene rings is 1. The van der Waals surface area contributed by atoms with Gasteiger partial charge in [0.15, 0.2) is 0 Å². The van der Waals surface area contributed by atoms with Crippen molar-refractivity contribution in [3.63, 3.8) is 0 Å². The molecule has 0 aliphatic heterocycles. The monoisotopic (exact) mass is 308 g/mol. The number of ether oxygens (including phenoxy) is 1. The lowest BCUT2D eigenvalue weighted by Gasteiger charge is -2.05. The largest absolute Gasteiger partial charge is 0.465 e. The molecule has 110 valence electrons. The molecule has 0 fully saturated rings. The SMILES string of the molecule is COC(=O)c1c2cccccc-2cc1-c1ccc(SC)cc1. The molecule has 0 aromatic heterocycles. The van der Waals surface area contributed by atoms with Crippen LogP contribution in [0.25, 0.3) is 22.3 Å². The first-order valence-electron chi connectivity index (χ1n) is 6.99. The van der Waals surface area contributed by atoms with E-state index in [0.717, 1.165) is 22.3 Å². The first-order valence-corrected chi connectivity index (χ1v) is 8.21. The molecule has 2 nitrogen and oxygen atoms in total. The van der Waals surface area contributed by atoms with E-state index in [1.165, 1.54) is 12.0 Å². The standard InChI is InChI=1S/C19H16O2S/c1-21-19(20)18-16-7-5-3-4-6-14(16)12-17(18)13-8-10-15(22-2)11-9-13/h3-12H,1-2H3. The molecule has 0 radical (unpaired) electrons. The molecule has 1 aromatic rings. The van der Waals surface area contributed by atoms with E-state index in [-0.39, 0.29) is 5.97 Å². The van der Waals surface area contributed by atoms with Crippen LogP contribution in [0, 0.1) is 0 Å². The molecule has 0 saturated carbocycles. The van der Waals surface area contributed by atoms with E-state index in [1.807, 2.05) is 48.7 Å². The molecule has 0 heterocycles. The summed E-state index contributed by atoms with van der Waals surface area (Å²) in [6.07, 6.45) is 2.05. The van der Waals surface area contributed by atoms with Crippen LogP contribution in [0.4, 0.5) is 0 Å². The lowest BCUT2D eigenvalue weighted by Crippen LogP contribution is -2.02. The molecule has 1 aromatic carbocycles. The van der Waals surface area contributed by atoms with Gasteiger partial charge in [0.05, 0.1) is 12.7 Å². The highest BCUT2D eigenvalue weighted by atomic mass is 32.2. The van der Waals surface area contributed by atoms with Gasteiger partial charge in [-0.1, -0.05) is 42.5 Å². The maximum atomic E-state index is 12.3. The van der Waals surface area contributed by atoms with Crippen LogP contribution in [-0.2, 0) is 4.74 Å². The first-order chi connectivity index (χ1) is 10.7. The minimum absolute atomic E-state index is 0.301.